The molecule has 0 saturated carbocycles. The Morgan fingerprint density at radius 3 is 2.46 bits per heavy atom. The average Bonchev–Trinajstić information content (AvgIpc) is 1.93. The number of aryl methyl sites for hydroxylation is 2. The van der Waals surface area contributed by atoms with Crippen LogP contribution in [0.3, 0.4) is 0 Å². The predicted molar refractivity (Wildman–Crippen MR) is 52.2 cm³/mol. The van der Waals surface area contributed by atoms with Crippen molar-refractivity contribution in [2.24, 2.45) is 0 Å². The fourth-order valence-electron chi connectivity index (χ4n) is 1.05. The third-order valence-electron chi connectivity index (χ3n) is 1.66. The molecule has 0 N–H and O–H groups in total. The minimum atomic E-state index is -3.48. The van der Waals surface area contributed by atoms with Gasteiger partial charge >= 0.3 is 0 Å². The van der Waals surface area contributed by atoms with Gasteiger partial charge in [-0.2, -0.15) is 0 Å². The summed E-state index contributed by atoms with van der Waals surface area (Å²) in [7, 11) is 1.64. The standard InChI is InChI=1S/C8H10ClNO2S/c1-6-3-4-8(7(2)10-6)5-13(9,11)12/h3-4H,5H2,1-2H3. The van der Waals surface area contributed by atoms with Crippen molar-refractivity contribution in [3.63, 3.8) is 0 Å². The quantitative estimate of drug-likeness (QED) is 0.713. The molecule has 0 radical (unpaired) electrons. The molecule has 0 bridgehead atoms. The summed E-state index contributed by atoms with van der Waals surface area (Å²) < 4.78 is 21.6. The van der Waals surface area contributed by atoms with E-state index in [4.69, 9.17) is 10.7 Å². The molecule has 72 valence electrons. The molecular weight excluding hydrogens is 210 g/mol. The van der Waals surface area contributed by atoms with Gasteiger partial charge in [-0.15, -0.1) is 0 Å². The van der Waals surface area contributed by atoms with E-state index < -0.39 is 9.05 Å². The SMILES string of the molecule is Cc1ccc(CS(=O)(=O)Cl)c(C)n1. The van der Waals surface area contributed by atoms with E-state index in [-0.39, 0.29) is 5.75 Å². The molecule has 0 aliphatic rings. The maximum atomic E-state index is 10.8. The predicted octanol–water partition coefficient (Wildman–Crippen LogP) is 1.77. The Hall–Kier alpha value is -0.610. The first-order valence-corrected chi connectivity index (χ1v) is 6.22. The van der Waals surface area contributed by atoms with Gasteiger partial charge in [0.15, 0.2) is 0 Å². The molecule has 1 aromatic heterocycles. The van der Waals surface area contributed by atoms with Crippen LogP contribution in [0.15, 0.2) is 12.1 Å². The molecule has 0 aromatic carbocycles. The molecule has 5 heteroatoms. The maximum Gasteiger partial charge on any atom is 0.236 e. The highest BCUT2D eigenvalue weighted by Gasteiger charge is 2.09. The summed E-state index contributed by atoms with van der Waals surface area (Å²) in [5, 5.41) is 0. The molecule has 0 fully saturated rings. The first-order valence-electron chi connectivity index (χ1n) is 3.74. The van der Waals surface area contributed by atoms with Crippen LogP contribution in [0.2, 0.25) is 0 Å². The summed E-state index contributed by atoms with van der Waals surface area (Å²) >= 11 is 0. The number of hydrogen-bond donors (Lipinski definition) is 0. The van der Waals surface area contributed by atoms with E-state index in [0.29, 0.717) is 11.3 Å². The van der Waals surface area contributed by atoms with E-state index in [0.717, 1.165) is 5.69 Å². The molecule has 13 heavy (non-hydrogen) atoms. The lowest BCUT2D eigenvalue weighted by molar-refractivity contribution is 0.608. The lowest BCUT2D eigenvalue weighted by Gasteiger charge is -2.02. The Bertz CT molecular complexity index is 414. The van der Waals surface area contributed by atoms with Crippen LogP contribution in [0.4, 0.5) is 0 Å². The molecule has 0 unspecified atom stereocenters. The minimum absolute atomic E-state index is 0.159. The Morgan fingerprint density at radius 1 is 1.38 bits per heavy atom. The third-order valence-corrected chi connectivity index (χ3v) is 2.65. The van der Waals surface area contributed by atoms with Crippen LogP contribution in [0.25, 0.3) is 0 Å². The van der Waals surface area contributed by atoms with Crippen LogP contribution in [-0.4, -0.2) is 13.4 Å². The fraction of sp³-hybridized carbons (Fsp3) is 0.375. The summed E-state index contributed by atoms with van der Waals surface area (Å²) in [4.78, 5) is 4.13. The van der Waals surface area contributed by atoms with Crippen LogP contribution < -0.4 is 0 Å². The van der Waals surface area contributed by atoms with Crippen molar-refractivity contribution >= 4 is 19.7 Å². The van der Waals surface area contributed by atoms with Gasteiger partial charge in [0.1, 0.15) is 0 Å². The molecule has 0 aliphatic carbocycles. The lowest BCUT2D eigenvalue weighted by atomic mass is 10.2. The van der Waals surface area contributed by atoms with Crippen molar-refractivity contribution in [1.82, 2.24) is 4.98 Å². The second-order valence-electron chi connectivity index (χ2n) is 2.88. The number of pyridine rings is 1. The van der Waals surface area contributed by atoms with E-state index in [2.05, 4.69) is 4.98 Å². The second kappa shape index (κ2) is 3.64. The molecule has 0 amide bonds. The van der Waals surface area contributed by atoms with Crippen LogP contribution in [0, 0.1) is 13.8 Å². The van der Waals surface area contributed by atoms with Crippen LogP contribution >= 0.6 is 10.7 Å². The smallest absolute Gasteiger partial charge is 0.236 e. The Balaban J connectivity index is 3.04. The number of rotatable bonds is 2. The largest absolute Gasteiger partial charge is 0.258 e. The summed E-state index contributed by atoms with van der Waals surface area (Å²) in [5.74, 6) is -0.159. The highest BCUT2D eigenvalue weighted by molar-refractivity contribution is 8.13. The summed E-state index contributed by atoms with van der Waals surface area (Å²) in [6.45, 7) is 3.62. The molecule has 0 aliphatic heterocycles. The number of hydrogen-bond acceptors (Lipinski definition) is 3. The Labute approximate surface area is 82.2 Å². The van der Waals surface area contributed by atoms with Crippen molar-refractivity contribution in [2.45, 2.75) is 19.6 Å². The molecule has 3 nitrogen and oxygen atoms in total. The van der Waals surface area contributed by atoms with Crippen molar-refractivity contribution in [3.05, 3.63) is 29.1 Å². The van der Waals surface area contributed by atoms with Crippen LogP contribution in [0.5, 0.6) is 0 Å². The van der Waals surface area contributed by atoms with Gasteiger partial charge in [-0.25, -0.2) is 8.42 Å². The average molecular weight is 220 g/mol. The molecule has 1 rings (SSSR count). The van der Waals surface area contributed by atoms with Gasteiger partial charge in [-0.3, -0.25) is 4.98 Å². The van der Waals surface area contributed by atoms with Gasteiger partial charge in [-0.05, 0) is 25.5 Å². The van der Waals surface area contributed by atoms with Crippen molar-refractivity contribution in [2.75, 3.05) is 0 Å². The fourth-order valence-corrected chi connectivity index (χ4v) is 2.08. The molecule has 1 heterocycles. The molecular formula is C8H10ClNO2S. The molecule has 0 spiro atoms. The van der Waals surface area contributed by atoms with Gasteiger partial charge < -0.3 is 0 Å². The zero-order chi connectivity index (χ0) is 10.1. The van der Waals surface area contributed by atoms with Crippen LogP contribution in [-0.2, 0) is 14.8 Å². The first-order chi connectivity index (χ1) is 5.88. The highest BCUT2D eigenvalue weighted by atomic mass is 35.7. The minimum Gasteiger partial charge on any atom is -0.258 e. The van der Waals surface area contributed by atoms with Crippen molar-refractivity contribution < 1.29 is 8.42 Å². The number of nitrogens with zero attached hydrogens (tertiary/aromatic N) is 1. The Kier molecular flexibility index (Phi) is 2.93. The summed E-state index contributed by atoms with van der Waals surface area (Å²) in [6.07, 6.45) is 0. The number of halogens is 1. The van der Waals surface area contributed by atoms with Gasteiger partial charge in [0, 0.05) is 22.1 Å². The zero-order valence-corrected chi connectivity index (χ0v) is 8.98. The highest BCUT2D eigenvalue weighted by Crippen LogP contribution is 2.12. The molecule has 1 aromatic rings. The van der Waals surface area contributed by atoms with Gasteiger partial charge in [0.05, 0.1) is 5.75 Å². The van der Waals surface area contributed by atoms with Gasteiger partial charge in [0.2, 0.25) is 9.05 Å². The molecule has 0 saturated heterocycles. The normalized spacial score (nSPS) is 11.6. The van der Waals surface area contributed by atoms with E-state index in [1.54, 1.807) is 19.1 Å². The third kappa shape index (κ3) is 3.32. The topological polar surface area (TPSA) is 47.0 Å². The monoisotopic (exact) mass is 219 g/mol. The van der Waals surface area contributed by atoms with Crippen molar-refractivity contribution in [1.29, 1.82) is 0 Å². The van der Waals surface area contributed by atoms with Crippen molar-refractivity contribution in [3.8, 4) is 0 Å². The second-order valence-corrected chi connectivity index (χ2v) is 5.66. The summed E-state index contributed by atoms with van der Waals surface area (Å²) in [6, 6.07) is 3.50. The Morgan fingerprint density at radius 2 is 2.00 bits per heavy atom. The van der Waals surface area contributed by atoms with E-state index in [1.165, 1.54) is 0 Å². The number of aromatic nitrogens is 1. The van der Waals surface area contributed by atoms with E-state index >= 15 is 0 Å². The zero-order valence-electron chi connectivity index (χ0n) is 7.41. The van der Waals surface area contributed by atoms with Gasteiger partial charge in [0.25, 0.3) is 0 Å². The van der Waals surface area contributed by atoms with E-state index in [1.807, 2.05) is 6.92 Å². The van der Waals surface area contributed by atoms with Gasteiger partial charge in [-0.1, -0.05) is 6.07 Å². The maximum absolute atomic E-state index is 10.8. The first kappa shape index (κ1) is 10.5. The van der Waals surface area contributed by atoms with Crippen LogP contribution in [0.1, 0.15) is 17.0 Å². The summed E-state index contributed by atoms with van der Waals surface area (Å²) in [5.41, 5.74) is 2.23. The van der Waals surface area contributed by atoms with E-state index in [9.17, 15) is 8.42 Å². The lowest BCUT2D eigenvalue weighted by Crippen LogP contribution is -2.00. The molecule has 0 atom stereocenters.